The van der Waals surface area contributed by atoms with Gasteiger partial charge in [-0.25, -0.2) is 4.98 Å². The molecule has 1 aliphatic heterocycles. The molecule has 1 saturated heterocycles. The quantitative estimate of drug-likeness (QED) is 0.644. The van der Waals surface area contributed by atoms with Crippen molar-refractivity contribution in [1.82, 2.24) is 9.97 Å². The maximum atomic E-state index is 12.9. The number of carbonyl (C=O) groups is 1. The number of aromatic nitrogens is 2. The van der Waals surface area contributed by atoms with Gasteiger partial charge in [-0.1, -0.05) is 32.1 Å². The van der Waals surface area contributed by atoms with Gasteiger partial charge in [-0.05, 0) is 77.4 Å². The second kappa shape index (κ2) is 8.64. The van der Waals surface area contributed by atoms with E-state index in [2.05, 4.69) is 36.0 Å². The van der Waals surface area contributed by atoms with Gasteiger partial charge in [0.05, 0.1) is 11.8 Å². The fraction of sp³-hybridized carbons (Fsp3) is 0.480. The predicted molar refractivity (Wildman–Crippen MR) is 124 cm³/mol. The highest BCUT2D eigenvalue weighted by molar-refractivity contribution is 7.99. The first-order valence-electron chi connectivity index (χ1n) is 10.9. The molecule has 0 bridgehead atoms. The molecule has 1 fully saturated rings. The van der Waals surface area contributed by atoms with Crippen molar-refractivity contribution < 1.29 is 9.90 Å². The summed E-state index contributed by atoms with van der Waals surface area (Å²) in [6.45, 7) is 4.57. The highest BCUT2D eigenvalue weighted by atomic mass is 32.2. The Morgan fingerprint density at radius 3 is 2.71 bits per heavy atom. The topological polar surface area (TPSA) is 89.8 Å². The van der Waals surface area contributed by atoms with E-state index in [0.29, 0.717) is 0 Å². The van der Waals surface area contributed by atoms with Crippen molar-refractivity contribution >= 4 is 23.1 Å². The van der Waals surface area contributed by atoms with Crippen LogP contribution in [0.25, 0.3) is 5.57 Å². The summed E-state index contributed by atoms with van der Waals surface area (Å²) in [5, 5.41) is 20.3. The largest absolute Gasteiger partial charge is 0.385 e. The standard InChI is InChI=1S/C25H29N3O2S/c1-24(2)7-5-17(6-8-24)21-14-19(25(30)9-11-31-12-10-25)4-3-18(21)13-22(29)23-27-16-20(15-26)28-23/h3-5,14,16,30H,6-13H2,1-2H3,(H,27,28). The molecule has 0 amide bonds. The van der Waals surface area contributed by atoms with Crippen molar-refractivity contribution in [2.45, 2.75) is 58.0 Å². The minimum atomic E-state index is -0.792. The van der Waals surface area contributed by atoms with E-state index < -0.39 is 5.60 Å². The van der Waals surface area contributed by atoms with Crippen molar-refractivity contribution in [3.8, 4) is 6.07 Å². The molecule has 1 aromatic heterocycles. The van der Waals surface area contributed by atoms with Crippen LogP contribution in [0.5, 0.6) is 0 Å². The highest BCUT2D eigenvalue weighted by Crippen LogP contribution is 2.41. The molecule has 2 aromatic rings. The third kappa shape index (κ3) is 4.78. The van der Waals surface area contributed by atoms with Crippen LogP contribution < -0.4 is 0 Å². The smallest absolute Gasteiger partial charge is 0.202 e. The zero-order valence-electron chi connectivity index (χ0n) is 18.2. The summed E-state index contributed by atoms with van der Waals surface area (Å²) in [7, 11) is 0. The Hall–Kier alpha value is -2.36. The van der Waals surface area contributed by atoms with Crippen LogP contribution in [0.4, 0.5) is 0 Å². The van der Waals surface area contributed by atoms with E-state index in [1.807, 2.05) is 30.0 Å². The minimum Gasteiger partial charge on any atom is -0.385 e. The van der Waals surface area contributed by atoms with Crippen LogP contribution in [-0.4, -0.2) is 32.4 Å². The van der Waals surface area contributed by atoms with Crippen LogP contribution >= 0.6 is 11.8 Å². The third-order valence-corrected chi connectivity index (χ3v) is 7.58. The molecule has 0 spiro atoms. The van der Waals surface area contributed by atoms with Gasteiger partial charge in [0.2, 0.25) is 5.78 Å². The van der Waals surface area contributed by atoms with Crippen molar-refractivity contribution in [1.29, 1.82) is 5.26 Å². The number of benzene rings is 1. The summed E-state index contributed by atoms with van der Waals surface area (Å²) in [6, 6.07) is 8.07. The Bertz CT molecular complexity index is 1050. The van der Waals surface area contributed by atoms with E-state index in [1.165, 1.54) is 11.8 Å². The summed E-state index contributed by atoms with van der Waals surface area (Å²) in [5.41, 5.74) is 4.01. The van der Waals surface area contributed by atoms with Crippen molar-refractivity contribution in [3.63, 3.8) is 0 Å². The Labute approximate surface area is 188 Å². The number of H-pyrrole nitrogens is 1. The van der Waals surface area contributed by atoms with Gasteiger partial charge in [0.15, 0.2) is 5.82 Å². The maximum Gasteiger partial charge on any atom is 0.202 e. The van der Waals surface area contributed by atoms with Crippen LogP contribution in [0.15, 0.2) is 30.5 Å². The van der Waals surface area contributed by atoms with E-state index in [0.717, 1.165) is 60.3 Å². The van der Waals surface area contributed by atoms with Gasteiger partial charge in [-0.3, -0.25) is 4.79 Å². The van der Waals surface area contributed by atoms with E-state index in [-0.39, 0.29) is 29.1 Å². The number of nitrogens with zero attached hydrogens (tertiary/aromatic N) is 2. The number of rotatable bonds is 5. The minimum absolute atomic E-state index is 0.139. The predicted octanol–water partition coefficient (Wildman–Crippen LogP) is 5.01. The molecule has 162 valence electrons. The van der Waals surface area contributed by atoms with Crippen molar-refractivity contribution in [2.75, 3.05) is 11.5 Å². The lowest BCUT2D eigenvalue weighted by atomic mass is 9.75. The number of allylic oxidation sites excluding steroid dienone is 2. The molecule has 4 rings (SSSR count). The number of nitriles is 1. The number of imidazole rings is 1. The molecule has 1 aromatic carbocycles. The third-order valence-electron chi connectivity index (χ3n) is 6.60. The molecule has 0 saturated carbocycles. The SMILES string of the molecule is CC1(C)CC=C(c2cc(C3(O)CCSCC3)ccc2CC(=O)c2ncc(C#N)[nH]2)CC1. The molecular weight excluding hydrogens is 406 g/mol. The number of nitrogens with one attached hydrogen (secondary N) is 1. The summed E-state index contributed by atoms with van der Waals surface area (Å²) < 4.78 is 0. The lowest BCUT2D eigenvalue weighted by molar-refractivity contribution is 0.0280. The van der Waals surface area contributed by atoms with Gasteiger partial charge in [0.1, 0.15) is 11.8 Å². The summed E-state index contributed by atoms with van der Waals surface area (Å²) in [6.07, 6.45) is 8.48. The molecule has 2 aliphatic rings. The molecular formula is C25H29N3O2S. The summed E-state index contributed by atoms with van der Waals surface area (Å²) in [5.74, 6) is 2.00. The molecule has 6 heteroatoms. The van der Waals surface area contributed by atoms with Crippen LogP contribution in [0.1, 0.15) is 79.0 Å². The van der Waals surface area contributed by atoms with E-state index in [4.69, 9.17) is 5.26 Å². The first-order valence-corrected chi connectivity index (χ1v) is 12.1. The fourth-order valence-electron chi connectivity index (χ4n) is 4.41. The number of carbonyl (C=O) groups excluding carboxylic acids is 1. The van der Waals surface area contributed by atoms with Crippen molar-refractivity contribution in [2.24, 2.45) is 5.41 Å². The number of aliphatic hydroxyl groups is 1. The molecule has 5 nitrogen and oxygen atoms in total. The number of aromatic amines is 1. The van der Waals surface area contributed by atoms with Gasteiger partial charge in [-0.2, -0.15) is 17.0 Å². The second-order valence-electron chi connectivity index (χ2n) is 9.47. The molecule has 0 unspecified atom stereocenters. The second-order valence-corrected chi connectivity index (χ2v) is 10.7. The van der Waals surface area contributed by atoms with Gasteiger partial charge < -0.3 is 10.1 Å². The van der Waals surface area contributed by atoms with Gasteiger partial charge in [0, 0.05) is 6.42 Å². The summed E-state index contributed by atoms with van der Waals surface area (Å²) in [4.78, 5) is 19.7. The van der Waals surface area contributed by atoms with Gasteiger partial charge >= 0.3 is 0 Å². The van der Waals surface area contributed by atoms with E-state index in [1.54, 1.807) is 0 Å². The zero-order chi connectivity index (χ0) is 22.1. The van der Waals surface area contributed by atoms with Gasteiger partial charge in [-0.15, -0.1) is 0 Å². The lowest BCUT2D eigenvalue weighted by Crippen LogP contribution is -2.30. The Balaban J connectivity index is 1.69. The number of thioether (sulfide) groups is 1. The maximum absolute atomic E-state index is 12.9. The van der Waals surface area contributed by atoms with Crippen LogP contribution in [0.2, 0.25) is 0 Å². The normalized spacial score (nSPS) is 20.0. The Kier molecular flexibility index (Phi) is 6.09. The Morgan fingerprint density at radius 2 is 2.06 bits per heavy atom. The zero-order valence-corrected chi connectivity index (χ0v) is 19.0. The molecule has 2 N–H and O–H groups in total. The van der Waals surface area contributed by atoms with Crippen LogP contribution in [-0.2, 0) is 12.0 Å². The average molecular weight is 436 g/mol. The van der Waals surface area contributed by atoms with Crippen molar-refractivity contribution in [3.05, 3.63) is 58.7 Å². The van der Waals surface area contributed by atoms with Crippen LogP contribution in [0.3, 0.4) is 0 Å². The molecule has 31 heavy (non-hydrogen) atoms. The molecule has 0 atom stereocenters. The lowest BCUT2D eigenvalue weighted by Gasteiger charge is -2.34. The van der Waals surface area contributed by atoms with E-state index >= 15 is 0 Å². The Morgan fingerprint density at radius 1 is 1.29 bits per heavy atom. The van der Waals surface area contributed by atoms with E-state index in [9.17, 15) is 9.90 Å². The number of ketones is 1. The van der Waals surface area contributed by atoms with Gasteiger partial charge in [0.25, 0.3) is 0 Å². The monoisotopic (exact) mass is 435 g/mol. The average Bonchev–Trinajstić information content (AvgIpc) is 3.24. The number of Topliss-reactive ketones (excluding diaryl/α,β-unsaturated/α-hetero) is 1. The first-order chi connectivity index (χ1) is 14.8. The fourth-order valence-corrected chi connectivity index (χ4v) is 5.58. The summed E-state index contributed by atoms with van der Waals surface area (Å²) >= 11 is 1.89. The van der Waals surface area contributed by atoms with Crippen LogP contribution in [0, 0.1) is 16.7 Å². The first kappa shape index (κ1) is 21.9. The molecule has 0 radical (unpaired) electrons. The number of hydrogen-bond acceptors (Lipinski definition) is 5. The number of hydrogen-bond donors (Lipinski definition) is 2. The highest BCUT2D eigenvalue weighted by Gasteiger charge is 2.33. The molecule has 1 aliphatic carbocycles. The molecule has 2 heterocycles.